The molecule has 1 aliphatic rings. The lowest BCUT2D eigenvalue weighted by molar-refractivity contribution is 0.402. The zero-order valence-corrected chi connectivity index (χ0v) is 13.6. The Bertz CT molecular complexity index is 562. The summed E-state index contributed by atoms with van der Waals surface area (Å²) in [6, 6.07) is 17.6. The van der Waals surface area contributed by atoms with Crippen LogP contribution in [0.5, 0.6) is 0 Å². The molecule has 0 bridgehead atoms. The Balaban J connectivity index is 1.95. The molecule has 0 N–H and O–H groups in total. The fourth-order valence-corrected chi connectivity index (χ4v) is 3.83. The molecule has 0 radical (unpaired) electrons. The quantitative estimate of drug-likeness (QED) is 0.827. The molecular weight excluding hydrogens is 276 g/mol. The summed E-state index contributed by atoms with van der Waals surface area (Å²) in [5.74, 6) is 1.05. The molecule has 2 aromatic rings. The monoisotopic (exact) mass is 298 g/mol. The molecule has 2 nitrogen and oxygen atoms in total. The van der Waals surface area contributed by atoms with Gasteiger partial charge in [0.15, 0.2) is 0 Å². The van der Waals surface area contributed by atoms with Crippen LogP contribution in [0, 0.1) is 0 Å². The zero-order valence-electron chi connectivity index (χ0n) is 12.7. The predicted octanol–water partition coefficient (Wildman–Crippen LogP) is 4.38. The van der Waals surface area contributed by atoms with Crippen LogP contribution in [-0.4, -0.2) is 32.1 Å². The molecule has 0 unspecified atom stereocenters. The first-order valence-electron chi connectivity index (χ1n) is 7.48. The normalized spacial score (nSPS) is 13.8. The minimum atomic E-state index is 1.05. The lowest BCUT2D eigenvalue weighted by Gasteiger charge is -2.27. The lowest BCUT2D eigenvalue weighted by Crippen LogP contribution is -2.23. The van der Waals surface area contributed by atoms with Gasteiger partial charge in [0.1, 0.15) is 0 Å². The smallest absolute Gasteiger partial charge is 0.0549 e. The van der Waals surface area contributed by atoms with Gasteiger partial charge in [-0.15, -0.1) is 11.8 Å². The van der Waals surface area contributed by atoms with Crippen LogP contribution in [0.25, 0.3) is 0 Å². The summed E-state index contributed by atoms with van der Waals surface area (Å²) in [6.45, 7) is 2.18. The summed E-state index contributed by atoms with van der Waals surface area (Å²) in [4.78, 5) is 6.14. The van der Waals surface area contributed by atoms with Gasteiger partial charge in [-0.1, -0.05) is 30.3 Å². The van der Waals surface area contributed by atoms with Gasteiger partial charge in [-0.3, -0.25) is 0 Å². The molecule has 0 spiro atoms. The van der Waals surface area contributed by atoms with Crippen molar-refractivity contribution < 1.29 is 0 Å². The van der Waals surface area contributed by atoms with Crippen molar-refractivity contribution in [1.29, 1.82) is 0 Å². The minimum absolute atomic E-state index is 1.05. The van der Waals surface area contributed by atoms with Crippen LogP contribution in [0.2, 0.25) is 0 Å². The predicted molar refractivity (Wildman–Crippen MR) is 92.6 cm³/mol. The van der Waals surface area contributed by atoms with Crippen molar-refractivity contribution in [1.82, 2.24) is 4.90 Å². The van der Waals surface area contributed by atoms with Crippen molar-refractivity contribution in [3.05, 3.63) is 54.1 Å². The topological polar surface area (TPSA) is 6.48 Å². The summed E-state index contributed by atoms with van der Waals surface area (Å²) in [5.41, 5.74) is 4.16. The molecule has 0 atom stereocenters. The van der Waals surface area contributed by atoms with E-state index < -0.39 is 0 Å². The number of rotatable bonds is 4. The van der Waals surface area contributed by atoms with Crippen LogP contribution in [0.3, 0.4) is 0 Å². The van der Waals surface area contributed by atoms with E-state index in [4.69, 9.17) is 0 Å². The van der Waals surface area contributed by atoms with Gasteiger partial charge in [0, 0.05) is 22.9 Å². The summed E-state index contributed by atoms with van der Waals surface area (Å²) < 4.78 is 0. The summed E-state index contributed by atoms with van der Waals surface area (Å²) in [7, 11) is 4.28. The Morgan fingerprint density at radius 1 is 1.00 bits per heavy atom. The van der Waals surface area contributed by atoms with E-state index in [1.165, 1.54) is 28.3 Å². The van der Waals surface area contributed by atoms with E-state index >= 15 is 0 Å². The van der Waals surface area contributed by atoms with E-state index in [2.05, 4.69) is 72.4 Å². The maximum atomic E-state index is 2.49. The first-order valence-corrected chi connectivity index (χ1v) is 8.46. The summed E-state index contributed by atoms with van der Waals surface area (Å²) in [6.07, 6.45) is 1.17. The number of nitrogens with zero attached hydrogens (tertiary/aromatic N) is 2. The Morgan fingerprint density at radius 3 is 2.52 bits per heavy atom. The van der Waals surface area contributed by atoms with Gasteiger partial charge in [0.2, 0.25) is 0 Å². The second-order valence-corrected chi connectivity index (χ2v) is 6.71. The standard InChI is InChI=1S/C18H22N2S/c1-19(2)12-7-13-20-16-9-4-3-8-15(16)14-21-18-11-6-5-10-17(18)20/h3-6,8-11H,7,12-14H2,1-2H3. The first-order chi connectivity index (χ1) is 10.3. The fraction of sp³-hybridized carbons (Fsp3) is 0.333. The summed E-state index contributed by atoms with van der Waals surface area (Å²) >= 11 is 1.94. The maximum Gasteiger partial charge on any atom is 0.0549 e. The van der Waals surface area contributed by atoms with Gasteiger partial charge in [-0.05, 0) is 50.8 Å². The van der Waals surface area contributed by atoms with Gasteiger partial charge in [-0.2, -0.15) is 0 Å². The third-order valence-corrected chi connectivity index (χ3v) is 4.92. The number of benzene rings is 2. The molecular formula is C18H22N2S. The number of fused-ring (bicyclic) bond motifs is 2. The Morgan fingerprint density at radius 2 is 1.71 bits per heavy atom. The fourth-order valence-electron chi connectivity index (χ4n) is 2.77. The molecule has 3 rings (SSSR count). The van der Waals surface area contributed by atoms with E-state index in [1.54, 1.807) is 0 Å². The lowest BCUT2D eigenvalue weighted by atomic mass is 10.1. The van der Waals surface area contributed by atoms with E-state index in [1.807, 2.05) is 11.8 Å². The second-order valence-electron chi connectivity index (χ2n) is 5.69. The zero-order chi connectivity index (χ0) is 14.7. The van der Waals surface area contributed by atoms with Crippen molar-refractivity contribution >= 4 is 23.1 Å². The number of hydrogen-bond acceptors (Lipinski definition) is 3. The van der Waals surface area contributed by atoms with E-state index in [9.17, 15) is 0 Å². The van der Waals surface area contributed by atoms with Crippen molar-refractivity contribution in [2.75, 3.05) is 32.1 Å². The van der Waals surface area contributed by atoms with Crippen LogP contribution < -0.4 is 4.90 Å². The van der Waals surface area contributed by atoms with Crippen LogP contribution in [0.15, 0.2) is 53.4 Å². The molecule has 0 saturated heterocycles. The van der Waals surface area contributed by atoms with Crippen molar-refractivity contribution in [2.45, 2.75) is 17.1 Å². The molecule has 0 amide bonds. The molecule has 0 aliphatic carbocycles. The Kier molecular flexibility index (Phi) is 4.51. The van der Waals surface area contributed by atoms with E-state index in [0.29, 0.717) is 0 Å². The molecule has 0 fully saturated rings. The van der Waals surface area contributed by atoms with Crippen molar-refractivity contribution in [2.24, 2.45) is 0 Å². The number of anilines is 2. The van der Waals surface area contributed by atoms with Crippen LogP contribution in [-0.2, 0) is 5.75 Å². The molecule has 1 heterocycles. The van der Waals surface area contributed by atoms with Gasteiger partial charge in [0.25, 0.3) is 0 Å². The van der Waals surface area contributed by atoms with Gasteiger partial charge < -0.3 is 9.80 Å². The summed E-state index contributed by atoms with van der Waals surface area (Å²) in [5, 5.41) is 0. The Hall–Kier alpha value is -1.45. The molecule has 1 aliphatic heterocycles. The highest BCUT2D eigenvalue weighted by molar-refractivity contribution is 7.98. The third kappa shape index (κ3) is 3.25. The second kappa shape index (κ2) is 6.54. The van der Waals surface area contributed by atoms with Crippen molar-refractivity contribution in [3.8, 4) is 0 Å². The van der Waals surface area contributed by atoms with E-state index in [0.717, 1.165) is 18.8 Å². The third-order valence-electron chi connectivity index (χ3n) is 3.81. The van der Waals surface area contributed by atoms with Gasteiger partial charge in [-0.25, -0.2) is 0 Å². The first kappa shape index (κ1) is 14.5. The van der Waals surface area contributed by atoms with E-state index in [-0.39, 0.29) is 0 Å². The Labute approximate surface area is 131 Å². The molecule has 0 aromatic heterocycles. The molecule has 2 aromatic carbocycles. The van der Waals surface area contributed by atoms with Crippen molar-refractivity contribution in [3.63, 3.8) is 0 Å². The van der Waals surface area contributed by atoms with Crippen LogP contribution in [0.1, 0.15) is 12.0 Å². The molecule has 0 saturated carbocycles. The SMILES string of the molecule is CN(C)CCCN1c2ccccc2CSc2ccccc21. The van der Waals surface area contributed by atoms with Gasteiger partial charge >= 0.3 is 0 Å². The highest BCUT2D eigenvalue weighted by atomic mass is 32.2. The highest BCUT2D eigenvalue weighted by Gasteiger charge is 2.19. The average Bonchev–Trinajstić information content (AvgIpc) is 2.65. The highest BCUT2D eigenvalue weighted by Crippen LogP contribution is 2.42. The molecule has 110 valence electrons. The number of para-hydroxylation sites is 2. The maximum absolute atomic E-state index is 2.49. The largest absolute Gasteiger partial charge is 0.340 e. The van der Waals surface area contributed by atoms with Gasteiger partial charge in [0.05, 0.1) is 5.69 Å². The number of hydrogen-bond donors (Lipinski definition) is 0. The number of thioether (sulfide) groups is 1. The van der Waals surface area contributed by atoms with Crippen LogP contribution in [0.4, 0.5) is 11.4 Å². The molecule has 21 heavy (non-hydrogen) atoms. The average molecular weight is 298 g/mol. The minimum Gasteiger partial charge on any atom is -0.340 e. The van der Waals surface area contributed by atoms with Crippen LogP contribution >= 0.6 is 11.8 Å². The molecule has 3 heteroatoms.